The van der Waals surface area contributed by atoms with Crippen LogP contribution >= 0.6 is 0 Å². The van der Waals surface area contributed by atoms with E-state index in [1.807, 2.05) is 0 Å². The standard InChI is InChI=1S/C31H25F3O6/c1-20(2)29(35)39-17-15-37-25-11-9-23(10-12-25)22-5-7-24(8-6-22)27-14-13-26(19-28(27)31(32,33)34)38-16-18-40-30(36)21(3)4/h5-19H,1,3H2,2,4H3/b17-15-,18-16-. The van der Waals surface area contributed by atoms with E-state index < -0.39 is 23.7 Å². The first kappa shape index (κ1) is 29.5. The summed E-state index contributed by atoms with van der Waals surface area (Å²) >= 11 is 0. The largest absolute Gasteiger partial charge is 0.462 e. The molecule has 3 aromatic rings. The van der Waals surface area contributed by atoms with Crippen molar-refractivity contribution < 1.29 is 41.7 Å². The Kier molecular flexibility index (Phi) is 9.70. The van der Waals surface area contributed by atoms with Gasteiger partial charge >= 0.3 is 18.1 Å². The molecule has 0 bridgehead atoms. The molecule has 0 fully saturated rings. The second-order valence-corrected chi connectivity index (χ2v) is 8.46. The van der Waals surface area contributed by atoms with Gasteiger partial charge in [-0.1, -0.05) is 55.6 Å². The minimum absolute atomic E-state index is 0.0213. The Hall–Kier alpha value is -5.05. The minimum Gasteiger partial charge on any atom is -0.462 e. The van der Waals surface area contributed by atoms with E-state index in [0.29, 0.717) is 11.3 Å². The molecule has 206 valence electrons. The topological polar surface area (TPSA) is 71.1 Å². The van der Waals surface area contributed by atoms with Crippen LogP contribution in [0.3, 0.4) is 0 Å². The highest BCUT2D eigenvalue weighted by Crippen LogP contribution is 2.39. The van der Waals surface area contributed by atoms with Crippen molar-refractivity contribution in [3.8, 4) is 33.8 Å². The van der Waals surface area contributed by atoms with Crippen LogP contribution in [-0.4, -0.2) is 11.9 Å². The monoisotopic (exact) mass is 550 g/mol. The summed E-state index contributed by atoms with van der Waals surface area (Å²) in [5.74, 6) is -0.846. The van der Waals surface area contributed by atoms with E-state index in [-0.39, 0.29) is 22.5 Å². The summed E-state index contributed by atoms with van der Waals surface area (Å²) in [6.07, 6.45) is -0.426. The molecule has 0 unspecified atom stereocenters. The fraction of sp³-hybridized carbons (Fsp3) is 0.0968. The van der Waals surface area contributed by atoms with Crippen LogP contribution in [0.25, 0.3) is 22.3 Å². The second-order valence-electron chi connectivity index (χ2n) is 8.46. The molecule has 0 radical (unpaired) electrons. The Labute approximate surface area is 229 Å². The summed E-state index contributed by atoms with van der Waals surface area (Å²) in [4.78, 5) is 22.7. The van der Waals surface area contributed by atoms with Crippen molar-refractivity contribution in [1.29, 1.82) is 0 Å². The van der Waals surface area contributed by atoms with Gasteiger partial charge in [-0.2, -0.15) is 13.2 Å². The Bertz CT molecular complexity index is 1450. The van der Waals surface area contributed by atoms with Crippen LogP contribution < -0.4 is 9.47 Å². The number of carbonyl (C=O) groups is 2. The van der Waals surface area contributed by atoms with Crippen LogP contribution in [0.5, 0.6) is 11.5 Å². The second kappa shape index (κ2) is 13.1. The van der Waals surface area contributed by atoms with E-state index in [0.717, 1.165) is 36.0 Å². The number of hydrogen-bond acceptors (Lipinski definition) is 6. The summed E-state index contributed by atoms with van der Waals surface area (Å²) < 4.78 is 61.7. The maximum Gasteiger partial charge on any atom is 0.417 e. The average molecular weight is 551 g/mol. The van der Waals surface area contributed by atoms with E-state index in [2.05, 4.69) is 13.2 Å². The smallest absolute Gasteiger partial charge is 0.417 e. The van der Waals surface area contributed by atoms with Crippen LogP contribution in [0.1, 0.15) is 19.4 Å². The summed E-state index contributed by atoms with van der Waals surface area (Å²) in [6.45, 7) is 9.87. The molecule has 3 rings (SSSR count). The number of benzene rings is 3. The van der Waals surface area contributed by atoms with Crippen molar-refractivity contribution in [2.75, 3.05) is 0 Å². The van der Waals surface area contributed by atoms with Gasteiger partial charge < -0.3 is 18.9 Å². The van der Waals surface area contributed by atoms with Gasteiger partial charge in [-0.05, 0) is 60.4 Å². The lowest BCUT2D eigenvalue weighted by Crippen LogP contribution is -2.07. The number of halogens is 3. The zero-order chi connectivity index (χ0) is 29.3. The van der Waals surface area contributed by atoms with Crippen LogP contribution in [0.2, 0.25) is 0 Å². The summed E-state index contributed by atoms with van der Waals surface area (Å²) in [6, 6.07) is 17.2. The van der Waals surface area contributed by atoms with Crippen molar-refractivity contribution in [3.63, 3.8) is 0 Å². The molecule has 0 saturated carbocycles. The maximum atomic E-state index is 13.9. The number of hydrogen-bond donors (Lipinski definition) is 0. The van der Waals surface area contributed by atoms with Gasteiger partial charge in [0.05, 0.1) is 5.56 Å². The molecule has 0 N–H and O–H groups in total. The average Bonchev–Trinajstić information content (AvgIpc) is 2.93. The van der Waals surface area contributed by atoms with Crippen molar-refractivity contribution in [2.45, 2.75) is 20.0 Å². The summed E-state index contributed by atoms with van der Waals surface area (Å²) in [5, 5.41) is 0. The molecule has 40 heavy (non-hydrogen) atoms. The Morgan fingerprint density at radius 2 is 1.07 bits per heavy atom. The third-order valence-electron chi connectivity index (χ3n) is 5.25. The van der Waals surface area contributed by atoms with E-state index in [1.54, 1.807) is 48.5 Å². The van der Waals surface area contributed by atoms with E-state index in [4.69, 9.17) is 18.9 Å². The summed E-state index contributed by atoms with van der Waals surface area (Å²) in [5.41, 5.74) is 1.48. The molecule has 0 spiro atoms. The molecule has 0 aliphatic heterocycles. The number of alkyl halides is 3. The highest BCUT2D eigenvalue weighted by molar-refractivity contribution is 5.87. The molecule has 0 amide bonds. The van der Waals surface area contributed by atoms with E-state index in [1.165, 1.54) is 32.2 Å². The van der Waals surface area contributed by atoms with Gasteiger partial charge in [0.25, 0.3) is 0 Å². The normalized spacial score (nSPS) is 11.3. The van der Waals surface area contributed by atoms with Crippen molar-refractivity contribution >= 4 is 11.9 Å². The van der Waals surface area contributed by atoms with Gasteiger partial charge in [0, 0.05) is 11.1 Å². The molecule has 0 aliphatic rings. The predicted molar refractivity (Wildman–Crippen MR) is 144 cm³/mol. The third-order valence-corrected chi connectivity index (χ3v) is 5.25. The first-order valence-corrected chi connectivity index (χ1v) is 11.7. The van der Waals surface area contributed by atoms with Crippen LogP contribution in [0.4, 0.5) is 13.2 Å². The first-order valence-electron chi connectivity index (χ1n) is 11.7. The number of ether oxygens (including phenoxy) is 4. The van der Waals surface area contributed by atoms with E-state index >= 15 is 0 Å². The molecular weight excluding hydrogens is 525 g/mol. The van der Waals surface area contributed by atoms with Gasteiger partial charge in [0.15, 0.2) is 0 Å². The molecule has 0 atom stereocenters. The highest BCUT2D eigenvalue weighted by Gasteiger charge is 2.34. The van der Waals surface area contributed by atoms with Crippen LogP contribution in [-0.2, 0) is 25.2 Å². The van der Waals surface area contributed by atoms with Gasteiger partial charge in [0.1, 0.15) is 36.5 Å². The van der Waals surface area contributed by atoms with Crippen molar-refractivity contribution in [1.82, 2.24) is 0 Å². The van der Waals surface area contributed by atoms with Gasteiger partial charge in [-0.15, -0.1) is 0 Å². The lowest BCUT2D eigenvalue weighted by atomic mass is 9.96. The minimum atomic E-state index is -4.64. The molecule has 0 saturated heterocycles. The highest BCUT2D eigenvalue weighted by atomic mass is 19.4. The van der Waals surface area contributed by atoms with Gasteiger partial charge in [-0.3, -0.25) is 0 Å². The molecular formula is C31H25F3O6. The zero-order valence-electron chi connectivity index (χ0n) is 21.7. The molecule has 3 aromatic carbocycles. The molecule has 0 aliphatic carbocycles. The quantitative estimate of drug-likeness (QED) is 0.145. The molecule has 0 aromatic heterocycles. The predicted octanol–water partition coefficient (Wildman–Crippen LogP) is 7.98. The van der Waals surface area contributed by atoms with Gasteiger partial charge in [0.2, 0.25) is 0 Å². The van der Waals surface area contributed by atoms with Crippen LogP contribution in [0.15, 0.2) is 116 Å². The lowest BCUT2D eigenvalue weighted by molar-refractivity contribution is -0.137. The molecule has 6 nitrogen and oxygen atoms in total. The van der Waals surface area contributed by atoms with Crippen molar-refractivity contribution in [3.05, 3.63) is 122 Å². The fourth-order valence-electron chi connectivity index (χ4n) is 3.24. The summed E-state index contributed by atoms with van der Waals surface area (Å²) in [7, 11) is 0. The van der Waals surface area contributed by atoms with Gasteiger partial charge in [-0.25, -0.2) is 9.59 Å². The van der Waals surface area contributed by atoms with Crippen LogP contribution in [0, 0.1) is 0 Å². The first-order chi connectivity index (χ1) is 19.0. The number of rotatable bonds is 10. The van der Waals surface area contributed by atoms with Crippen molar-refractivity contribution in [2.24, 2.45) is 0 Å². The number of carbonyl (C=O) groups excluding carboxylic acids is 2. The fourth-order valence-corrected chi connectivity index (χ4v) is 3.24. The Balaban J connectivity index is 1.72. The molecule has 0 heterocycles. The Morgan fingerprint density at radius 1 is 0.650 bits per heavy atom. The molecule has 9 heteroatoms. The van der Waals surface area contributed by atoms with E-state index in [9.17, 15) is 22.8 Å². The number of esters is 2. The SMILES string of the molecule is C=C(C)C(=O)O/C=C\Oc1ccc(-c2ccc(-c3ccc(O/C=C\OC(=O)C(=C)C)cc3C(F)(F)F)cc2)cc1. The maximum absolute atomic E-state index is 13.9. The zero-order valence-corrected chi connectivity index (χ0v) is 21.7. The Morgan fingerprint density at radius 3 is 1.55 bits per heavy atom. The third kappa shape index (κ3) is 8.22. The lowest BCUT2D eigenvalue weighted by Gasteiger charge is -2.15.